The van der Waals surface area contributed by atoms with Gasteiger partial charge in [0.15, 0.2) is 0 Å². The third-order valence-electron chi connectivity index (χ3n) is 6.02. The third-order valence-corrected chi connectivity index (χ3v) is 6.02. The van der Waals surface area contributed by atoms with E-state index in [9.17, 15) is 0 Å². The second-order valence-corrected chi connectivity index (χ2v) is 8.36. The first-order valence-corrected chi connectivity index (χ1v) is 11.1. The van der Waals surface area contributed by atoms with E-state index in [0.717, 1.165) is 51.9 Å². The minimum atomic E-state index is -0.321. The fourth-order valence-electron chi connectivity index (χ4n) is 4.62. The van der Waals surface area contributed by atoms with E-state index in [0.29, 0.717) is 13.2 Å². The summed E-state index contributed by atoms with van der Waals surface area (Å²) >= 11 is 0. The van der Waals surface area contributed by atoms with Crippen molar-refractivity contribution in [1.82, 2.24) is 9.80 Å². The highest BCUT2D eigenvalue weighted by Gasteiger charge is 2.40. The first-order valence-electron chi connectivity index (χ1n) is 11.1. The predicted octanol–water partition coefficient (Wildman–Crippen LogP) is 4.47. The van der Waals surface area contributed by atoms with E-state index in [-0.39, 0.29) is 23.7 Å². The van der Waals surface area contributed by atoms with Crippen molar-refractivity contribution in [3.63, 3.8) is 0 Å². The summed E-state index contributed by atoms with van der Waals surface area (Å²) in [6.07, 6.45) is 13.9. The van der Waals surface area contributed by atoms with Crippen LogP contribution in [0.3, 0.4) is 0 Å². The molecule has 5 nitrogen and oxygen atoms in total. The quantitative estimate of drug-likeness (QED) is 0.381. The van der Waals surface area contributed by atoms with Crippen LogP contribution in [0.2, 0.25) is 0 Å². The minimum Gasteiger partial charge on any atom is -0.372 e. The van der Waals surface area contributed by atoms with Crippen LogP contribution in [0, 0.1) is 0 Å². The van der Waals surface area contributed by atoms with Crippen molar-refractivity contribution in [2.75, 3.05) is 39.4 Å². The number of nitrogens with zero attached hydrogens (tertiary/aromatic N) is 2. The van der Waals surface area contributed by atoms with E-state index >= 15 is 0 Å². The van der Waals surface area contributed by atoms with Gasteiger partial charge < -0.3 is 14.2 Å². The number of rotatable bonds is 14. The summed E-state index contributed by atoms with van der Waals surface area (Å²) in [5.41, 5.74) is -0.643. The summed E-state index contributed by atoms with van der Waals surface area (Å²) in [5.74, 6) is 0. The smallest absolute Gasteiger partial charge is 0.132 e. The van der Waals surface area contributed by atoms with Crippen LogP contribution in [0.1, 0.15) is 25.7 Å². The molecule has 2 atom stereocenters. The predicted molar refractivity (Wildman–Crippen MR) is 129 cm³/mol. The van der Waals surface area contributed by atoms with E-state index in [1.165, 1.54) is 0 Å². The minimum absolute atomic E-state index is 0.253. The molecular formula is C26H40N2O3. The molecule has 2 unspecified atom stereocenters. The molecule has 0 bridgehead atoms. The fraction of sp³-hybridized carbons (Fsp3) is 0.538. The fourth-order valence-corrected chi connectivity index (χ4v) is 4.62. The third kappa shape index (κ3) is 6.61. The zero-order valence-corrected chi connectivity index (χ0v) is 19.1. The Labute approximate surface area is 189 Å². The van der Waals surface area contributed by atoms with E-state index in [1.54, 1.807) is 0 Å². The Morgan fingerprint density at radius 3 is 1.32 bits per heavy atom. The summed E-state index contributed by atoms with van der Waals surface area (Å²) in [6.45, 7) is 28.0. The van der Waals surface area contributed by atoms with Crippen LogP contribution >= 0.6 is 0 Å². The van der Waals surface area contributed by atoms with Crippen LogP contribution in [0.4, 0.5) is 0 Å². The maximum atomic E-state index is 6.53. The van der Waals surface area contributed by atoms with Gasteiger partial charge in [0, 0.05) is 26.2 Å². The summed E-state index contributed by atoms with van der Waals surface area (Å²) in [4.78, 5) is 4.56. The van der Waals surface area contributed by atoms with Gasteiger partial charge in [0.2, 0.25) is 0 Å². The molecule has 0 spiro atoms. The average molecular weight is 429 g/mol. The molecule has 2 saturated heterocycles. The first-order chi connectivity index (χ1) is 15.0. The van der Waals surface area contributed by atoms with Crippen molar-refractivity contribution >= 4 is 0 Å². The molecule has 2 aliphatic heterocycles. The topological polar surface area (TPSA) is 34.2 Å². The van der Waals surface area contributed by atoms with Gasteiger partial charge in [-0.25, -0.2) is 0 Å². The standard InChI is InChI=1S/C26H40N2O3/c1-7-13-25(14-8-2)21-27(17-19-29-25)23(11-5)31-24(12-6)28-18-20-30-26(22-28,15-9-3)16-10-4/h7-12,23-24H,1-6,13-22H2. The molecule has 0 aromatic rings. The van der Waals surface area contributed by atoms with Crippen LogP contribution in [-0.4, -0.2) is 72.9 Å². The monoisotopic (exact) mass is 428 g/mol. The molecule has 172 valence electrons. The highest BCUT2D eigenvalue weighted by Crippen LogP contribution is 2.31. The van der Waals surface area contributed by atoms with Gasteiger partial charge >= 0.3 is 0 Å². The Morgan fingerprint density at radius 2 is 1.03 bits per heavy atom. The molecule has 31 heavy (non-hydrogen) atoms. The van der Waals surface area contributed by atoms with Crippen LogP contribution in [0.15, 0.2) is 75.9 Å². The van der Waals surface area contributed by atoms with Crippen molar-refractivity contribution < 1.29 is 14.2 Å². The Bertz CT molecular complexity index is 571. The molecule has 2 heterocycles. The average Bonchev–Trinajstić information content (AvgIpc) is 2.75. The maximum Gasteiger partial charge on any atom is 0.132 e. The molecule has 2 rings (SSSR count). The van der Waals surface area contributed by atoms with Gasteiger partial charge in [0.05, 0.1) is 24.4 Å². The van der Waals surface area contributed by atoms with Crippen molar-refractivity contribution in [1.29, 1.82) is 0 Å². The summed E-state index contributed by atoms with van der Waals surface area (Å²) in [5, 5.41) is 0. The van der Waals surface area contributed by atoms with E-state index in [1.807, 2.05) is 36.5 Å². The zero-order chi connectivity index (χ0) is 22.7. The van der Waals surface area contributed by atoms with Gasteiger partial charge in [-0.05, 0) is 37.8 Å². The molecule has 0 N–H and O–H groups in total. The first kappa shape index (κ1) is 25.5. The number of hydrogen-bond donors (Lipinski definition) is 0. The molecule has 5 heteroatoms. The van der Waals surface area contributed by atoms with Gasteiger partial charge in [-0.3, -0.25) is 9.80 Å². The zero-order valence-electron chi connectivity index (χ0n) is 19.1. The Balaban J connectivity index is 2.13. The molecule has 0 aromatic heterocycles. The van der Waals surface area contributed by atoms with Crippen LogP contribution in [0.25, 0.3) is 0 Å². The molecule has 2 fully saturated rings. The highest BCUT2D eigenvalue weighted by atomic mass is 16.5. The summed E-state index contributed by atoms with van der Waals surface area (Å²) in [7, 11) is 0. The lowest BCUT2D eigenvalue weighted by Gasteiger charge is -2.47. The molecule has 0 aromatic carbocycles. The summed E-state index contributed by atoms with van der Waals surface area (Å²) in [6, 6.07) is 0. The van der Waals surface area contributed by atoms with E-state index in [4.69, 9.17) is 14.2 Å². The highest BCUT2D eigenvalue weighted by molar-refractivity contribution is 5.02. The number of morpholine rings is 2. The second kappa shape index (κ2) is 12.3. The Kier molecular flexibility index (Phi) is 10.1. The van der Waals surface area contributed by atoms with Crippen LogP contribution in [0.5, 0.6) is 0 Å². The number of hydrogen-bond acceptors (Lipinski definition) is 5. The van der Waals surface area contributed by atoms with Crippen molar-refractivity contribution in [3.05, 3.63) is 75.9 Å². The lowest BCUT2D eigenvalue weighted by atomic mass is 9.92. The second-order valence-electron chi connectivity index (χ2n) is 8.36. The molecule has 2 aliphatic rings. The molecule has 0 radical (unpaired) electrons. The Morgan fingerprint density at radius 1 is 0.677 bits per heavy atom. The van der Waals surface area contributed by atoms with E-state index in [2.05, 4.69) is 49.3 Å². The molecule has 0 amide bonds. The molecular weight excluding hydrogens is 388 g/mol. The van der Waals surface area contributed by atoms with Gasteiger partial charge in [-0.2, -0.15) is 0 Å². The van der Waals surface area contributed by atoms with Crippen LogP contribution < -0.4 is 0 Å². The van der Waals surface area contributed by atoms with Crippen molar-refractivity contribution in [2.24, 2.45) is 0 Å². The van der Waals surface area contributed by atoms with E-state index < -0.39 is 0 Å². The number of ether oxygens (including phenoxy) is 3. The van der Waals surface area contributed by atoms with Crippen molar-refractivity contribution in [3.8, 4) is 0 Å². The largest absolute Gasteiger partial charge is 0.372 e. The van der Waals surface area contributed by atoms with Crippen molar-refractivity contribution in [2.45, 2.75) is 49.3 Å². The summed E-state index contributed by atoms with van der Waals surface area (Å²) < 4.78 is 18.8. The van der Waals surface area contributed by atoms with Gasteiger partial charge in [-0.1, -0.05) is 37.5 Å². The lowest BCUT2D eigenvalue weighted by Crippen LogP contribution is -2.58. The SMILES string of the molecule is C=CCC1(CC=C)CN(C(C=C)OC(C=C)N2CCOC(CC=C)(CC=C)C2)CCO1. The normalized spacial score (nSPS) is 23.2. The maximum absolute atomic E-state index is 6.53. The molecule has 0 aliphatic carbocycles. The Hall–Kier alpha value is -1.76. The lowest BCUT2D eigenvalue weighted by molar-refractivity contribution is -0.193. The van der Waals surface area contributed by atoms with Gasteiger partial charge in [0.1, 0.15) is 12.5 Å². The van der Waals surface area contributed by atoms with Gasteiger partial charge in [-0.15, -0.1) is 26.3 Å². The van der Waals surface area contributed by atoms with Crippen LogP contribution in [-0.2, 0) is 14.2 Å². The molecule has 0 saturated carbocycles. The van der Waals surface area contributed by atoms with Gasteiger partial charge in [0.25, 0.3) is 0 Å².